The van der Waals surface area contributed by atoms with Gasteiger partial charge in [0.15, 0.2) is 0 Å². The van der Waals surface area contributed by atoms with Gasteiger partial charge in [-0.15, -0.1) is 0 Å². The zero-order valence-corrected chi connectivity index (χ0v) is 16.8. The van der Waals surface area contributed by atoms with Crippen molar-refractivity contribution in [3.63, 3.8) is 0 Å². The highest BCUT2D eigenvalue weighted by Gasteiger charge is 2.17. The van der Waals surface area contributed by atoms with Gasteiger partial charge in [-0.2, -0.15) is 0 Å². The molecule has 1 amide bonds. The van der Waals surface area contributed by atoms with Crippen LogP contribution in [-0.2, 0) is 10.0 Å². The molecule has 28 heavy (non-hydrogen) atoms. The molecule has 0 atom stereocenters. The van der Waals surface area contributed by atoms with Crippen LogP contribution in [0.3, 0.4) is 0 Å². The number of amides is 1. The summed E-state index contributed by atoms with van der Waals surface area (Å²) in [4.78, 5) is 12.5. The Kier molecular flexibility index (Phi) is 6.57. The SMILES string of the molecule is CCOc1ccc(S(=O)(=O)Nc2ccc(C(=O)NC3CCCCC3)cc2)cc1. The fourth-order valence-corrected chi connectivity index (χ4v) is 4.36. The molecule has 0 bridgehead atoms. The van der Waals surface area contributed by atoms with Crippen LogP contribution in [0.1, 0.15) is 49.4 Å². The molecule has 0 heterocycles. The Labute approximate surface area is 166 Å². The highest BCUT2D eigenvalue weighted by atomic mass is 32.2. The van der Waals surface area contributed by atoms with Crippen molar-refractivity contribution in [1.29, 1.82) is 0 Å². The van der Waals surface area contributed by atoms with Crippen molar-refractivity contribution >= 4 is 21.6 Å². The number of hydrogen-bond acceptors (Lipinski definition) is 4. The van der Waals surface area contributed by atoms with Crippen molar-refractivity contribution < 1.29 is 17.9 Å². The minimum absolute atomic E-state index is 0.118. The molecular weight excluding hydrogens is 376 g/mol. The lowest BCUT2D eigenvalue weighted by Gasteiger charge is -2.22. The van der Waals surface area contributed by atoms with Gasteiger partial charge in [-0.1, -0.05) is 19.3 Å². The largest absolute Gasteiger partial charge is 0.494 e. The molecule has 2 N–H and O–H groups in total. The summed E-state index contributed by atoms with van der Waals surface area (Å²) in [5, 5.41) is 3.05. The van der Waals surface area contributed by atoms with E-state index in [1.165, 1.54) is 18.6 Å². The van der Waals surface area contributed by atoms with Crippen LogP contribution in [0.15, 0.2) is 53.4 Å². The Bertz CT molecular complexity index is 887. The molecule has 1 saturated carbocycles. The molecule has 150 valence electrons. The number of carbonyl (C=O) groups is 1. The summed E-state index contributed by atoms with van der Waals surface area (Å²) in [5.74, 6) is 0.502. The van der Waals surface area contributed by atoms with Gasteiger partial charge in [0, 0.05) is 17.3 Å². The van der Waals surface area contributed by atoms with Crippen LogP contribution in [0.5, 0.6) is 5.75 Å². The average Bonchev–Trinajstić information content (AvgIpc) is 2.70. The van der Waals surface area contributed by atoms with Crippen molar-refractivity contribution in [2.75, 3.05) is 11.3 Å². The quantitative estimate of drug-likeness (QED) is 0.734. The number of hydrogen-bond donors (Lipinski definition) is 2. The molecule has 2 aromatic carbocycles. The maximum atomic E-state index is 12.5. The Morgan fingerprint density at radius 2 is 1.64 bits per heavy atom. The molecule has 0 spiro atoms. The Morgan fingerprint density at radius 3 is 2.25 bits per heavy atom. The number of nitrogens with one attached hydrogen (secondary N) is 2. The molecule has 1 aliphatic carbocycles. The van der Waals surface area contributed by atoms with Gasteiger partial charge >= 0.3 is 0 Å². The van der Waals surface area contributed by atoms with Crippen molar-refractivity contribution in [1.82, 2.24) is 5.32 Å². The Morgan fingerprint density at radius 1 is 1.00 bits per heavy atom. The molecule has 7 heteroatoms. The van der Waals surface area contributed by atoms with Crippen LogP contribution in [0.4, 0.5) is 5.69 Å². The van der Waals surface area contributed by atoms with Gasteiger partial charge in [-0.3, -0.25) is 9.52 Å². The summed E-state index contributed by atoms with van der Waals surface area (Å²) < 4.78 is 32.9. The van der Waals surface area contributed by atoms with E-state index >= 15 is 0 Å². The number of ether oxygens (including phenoxy) is 1. The monoisotopic (exact) mass is 402 g/mol. The third-order valence-electron chi connectivity index (χ3n) is 4.78. The Hall–Kier alpha value is -2.54. The Balaban J connectivity index is 1.63. The zero-order chi connectivity index (χ0) is 20.0. The molecule has 6 nitrogen and oxygen atoms in total. The lowest BCUT2D eigenvalue weighted by Crippen LogP contribution is -2.36. The van der Waals surface area contributed by atoms with E-state index in [9.17, 15) is 13.2 Å². The number of carbonyl (C=O) groups excluding carboxylic acids is 1. The van der Waals surface area contributed by atoms with Crippen LogP contribution >= 0.6 is 0 Å². The molecule has 1 aliphatic rings. The van der Waals surface area contributed by atoms with E-state index in [1.54, 1.807) is 36.4 Å². The topological polar surface area (TPSA) is 84.5 Å². The summed E-state index contributed by atoms with van der Waals surface area (Å²) in [6.45, 7) is 2.39. The summed E-state index contributed by atoms with van der Waals surface area (Å²) >= 11 is 0. The number of benzene rings is 2. The minimum atomic E-state index is -3.71. The van der Waals surface area contributed by atoms with Crippen molar-refractivity contribution in [2.24, 2.45) is 0 Å². The third kappa shape index (κ3) is 5.25. The molecule has 0 saturated heterocycles. The number of sulfonamides is 1. The minimum Gasteiger partial charge on any atom is -0.494 e. The molecular formula is C21H26N2O4S. The van der Waals surface area contributed by atoms with Crippen LogP contribution in [-0.4, -0.2) is 27.0 Å². The third-order valence-corrected chi connectivity index (χ3v) is 6.18. The second-order valence-corrected chi connectivity index (χ2v) is 8.58. The van der Waals surface area contributed by atoms with Gasteiger partial charge in [-0.05, 0) is 68.3 Å². The van der Waals surface area contributed by atoms with E-state index in [4.69, 9.17) is 4.74 Å². The highest BCUT2D eigenvalue weighted by Crippen LogP contribution is 2.21. The summed E-state index contributed by atoms with van der Waals surface area (Å²) in [6, 6.07) is 12.9. The fraction of sp³-hybridized carbons (Fsp3) is 0.381. The van der Waals surface area contributed by atoms with Crippen molar-refractivity contribution in [3.8, 4) is 5.75 Å². The van der Waals surface area contributed by atoms with E-state index < -0.39 is 10.0 Å². The smallest absolute Gasteiger partial charge is 0.261 e. The maximum Gasteiger partial charge on any atom is 0.261 e. The summed E-state index contributed by atoms with van der Waals surface area (Å²) in [6.07, 6.45) is 5.57. The fourth-order valence-electron chi connectivity index (χ4n) is 3.30. The van der Waals surface area contributed by atoms with E-state index in [0.717, 1.165) is 25.7 Å². The molecule has 0 radical (unpaired) electrons. The maximum absolute atomic E-state index is 12.5. The van der Waals surface area contributed by atoms with Gasteiger partial charge in [0.2, 0.25) is 0 Å². The first kappa shape index (κ1) is 20.2. The molecule has 0 unspecified atom stereocenters. The second kappa shape index (κ2) is 9.10. The normalized spacial score (nSPS) is 15.0. The lowest BCUT2D eigenvalue weighted by molar-refractivity contribution is 0.0927. The van der Waals surface area contributed by atoms with E-state index in [0.29, 0.717) is 23.6 Å². The van der Waals surface area contributed by atoms with Gasteiger partial charge in [0.1, 0.15) is 5.75 Å². The molecule has 0 aliphatic heterocycles. The van der Waals surface area contributed by atoms with Crippen LogP contribution < -0.4 is 14.8 Å². The van der Waals surface area contributed by atoms with Crippen LogP contribution in [0.2, 0.25) is 0 Å². The van der Waals surface area contributed by atoms with Gasteiger partial charge in [-0.25, -0.2) is 8.42 Å². The predicted molar refractivity (Wildman–Crippen MR) is 109 cm³/mol. The molecule has 1 fully saturated rings. The first-order valence-electron chi connectivity index (χ1n) is 9.64. The number of rotatable bonds is 7. The lowest BCUT2D eigenvalue weighted by atomic mass is 9.95. The molecule has 2 aromatic rings. The van der Waals surface area contributed by atoms with Crippen LogP contribution in [0, 0.1) is 0 Å². The van der Waals surface area contributed by atoms with Gasteiger partial charge < -0.3 is 10.1 Å². The number of anilines is 1. The van der Waals surface area contributed by atoms with E-state index in [1.807, 2.05) is 6.92 Å². The first-order valence-corrected chi connectivity index (χ1v) is 11.1. The van der Waals surface area contributed by atoms with Crippen LogP contribution in [0.25, 0.3) is 0 Å². The van der Waals surface area contributed by atoms with Crippen molar-refractivity contribution in [2.45, 2.75) is 50.0 Å². The summed E-state index contributed by atoms with van der Waals surface area (Å²) in [7, 11) is -3.71. The predicted octanol–water partition coefficient (Wildman–Crippen LogP) is 3.95. The second-order valence-electron chi connectivity index (χ2n) is 6.90. The summed E-state index contributed by atoms with van der Waals surface area (Å²) in [5.41, 5.74) is 0.928. The zero-order valence-electron chi connectivity index (χ0n) is 16.0. The van der Waals surface area contributed by atoms with Gasteiger partial charge in [0.25, 0.3) is 15.9 Å². The van der Waals surface area contributed by atoms with E-state index in [-0.39, 0.29) is 16.8 Å². The first-order chi connectivity index (χ1) is 13.5. The van der Waals surface area contributed by atoms with E-state index in [2.05, 4.69) is 10.0 Å². The van der Waals surface area contributed by atoms with Gasteiger partial charge in [0.05, 0.1) is 11.5 Å². The highest BCUT2D eigenvalue weighted by molar-refractivity contribution is 7.92. The molecule has 0 aromatic heterocycles. The molecule has 3 rings (SSSR count). The standard InChI is InChI=1S/C21H26N2O4S/c1-2-27-19-12-14-20(15-13-19)28(25,26)23-18-10-8-16(9-11-18)21(24)22-17-6-4-3-5-7-17/h8-15,17,23H,2-7H2,1H3,(H,22,24). The van der Waals surface area contributed by atoms with Crippen molar-refractivity contribution in [3.05, 3.63) is 54.1 Å². The average molecular weight is 403 g/mol.